The summed E-state index contributed by atoms with van der Waals surface area (Å²) in [5.41, 5.74) is 8.12. The lowest BCUT2D eigenvalue weighted by Gasteiger charge is -2.26. The van der Waals surface area contributed by atoms with Crippen LogP contribution in [0.15, 0.2) is 69.7 Å². The number of aromatic nitrogens is 1. The van der Waals surface area contributed by atoms with Crippen LogP contribution < -0.4 is 29.4 Å². The molecule has 18 nitrogen and oxygen atoms in total. The van der Waals surface area contributed by atoms with Gasteiger partial charge in [0.25, 0.3) is 11.8 Å². The monoisotopic (exact) mass is 1460 g/mol. The first-order valence-corrected chi connectivity index (χ1v) is 34.4. The third-order valence-electron chi connectivity index (χ3n) is 16.2. The molecule has 4 aromatic carbocycles. The summed E-state index contributed by atoms with van der Waals surface area (Å²) in [6.45, 7) is 22.5. The predicted molar refractivity (Wildman–Crippen MR) is 386 cm³/mol. The number of amides is 2. The van der Waals surface area contributed by atoms with Gasteiger partial charge < -0.3 is 44.5 Å². The number of aryl methyl sites for hydroxylation is 3. The van der Waals surface area contributed by atoms with E-state index in [4.69, 9.17) is 55.6 Å². The third-order valence-corrected chi connectivity index (χ3v) is 21.1. The van der Waals surface area contributed by atoms with Crippen LogP contribution in [0.3, 0.4) is 0 Å². The van der Waals surface area contributed by atoms with Crippen LogP contribution in [0.4, 0.5) is 0 Å². The number of aromatic hydroxyl groups is 1. The molecule has 1 aromatic heterocycles. The van der Waals surface area contributed by atoms with E-state index < -0.39 is 36.0 Å². The van der Waals surface area contributed by atoms with Crippen molar-refractivity contribution < 1.29 is 73.2 Å². The third kappa shape index (κ3) is 15.2. The van der Waals surface area contributed by atoms with Gasteiger partial charge in [-0.1, -0.05) is 129 Å². The number of fused-ring (bicyclic) bond motifs is 3. The molecule has 3 heterocycles. The number of halogens is 1. The van der Waals surface area contributed by atoms with E-state index in [-0.39, 0.29) is 71.4 Å². The maximum Gasteiger partial charge on any atom is 0.327 e. The molecule has 5 N–H and O–H groups in total. The molecule has 500 valence electrons. The second-order valence-electron chi connectivity index (χ2n) is 24.3. The average Bonchev–Trinajstić information content (AvgIpc) is 0.887. The minimum atomic E-state index is -1.06. The Bertz CT molecular complexity index is 4310. The Labute approximate surface area is 582 Å². The Hall–Kier alpha value is -7.13. The van der Waals surface area contributed by atoms with Crippen molar-refractivity contribution >= 4 is 171 Å². The number of nitrogens with zero attached hydrogens (tertiary/aromatic N) is 3. The number of ketones is 1. The maximum absolute atomic E-state index is 13.1. The molecule has 4 aliphatic rings. The number of rotatable bonds is 18. The second kappa shape index (κ2) is 30.7. The molecule has 0 bridgehead atoms. The molecule has 94 heavy (non-hydrogen) atoms. The number of thiazole rings is 1. The van der Waals surface area contributed by atoms with Gasteiger partial charge in [-0.3, -0.25) is 28.8 Å². The number of carboxylic acids is 3. The van der Waals surface area contributed by atoms with Crippen LogP contribution in [-0.2, 0) is 35.2 Å². The van der Waals surface area contributed by atoms with Crippen LogP contribution in [-0.4, -0.2) is 125 Å². The molecule has 2 aliphatic heterocycles. The van der Waals surface area contributed by atoms with Crippen molar-refractivity contribution in [1.29, 1.82) is 0 Å². The number of methoxy groups -OCH3 is 4. The zero-order chi connectivity index (χ0) is 70.0. The Kier molecular flexibility index (Phi) is 24.3. The van der Waals surface area contributed by atoms with E-state index in [0.29, 0.717) is 43.1 Å². The van der Waals surface area contributed by atoms with Crippen molar-refractivity contribution in [3.05, 3.63) is 128 Å². The molecule has 9 rings (SSSR count). The van der Waals surface area contributed by atoms with Gasteiger partial charge in [-0.2, -0.15) is 0 Å². The summed E-state index contributed by atoms with van der Waals surface area (Å²) < 4.78 is 25.0. The molecule has 0 spiro atoms. The first-order valence-electron chi connectivity index (χ1n) is 30.0. The number of thiocarbonyl (C=S) groups is 2. The molecule has 2 fully saturated rings. The summed E-state index contributed by atoms with van der Waals surface area (Å²) in [5, 5.41) is 53.3. The molecule has 2 saturated heterocycles. The van der Waals surface area contributed by atoms with Gasteiger partial charge in [-0.05, 0) is 199 Å². The molecule has 3 atom stereocenters. The summed E-state index contributed by atoms with van der Waals surface area (Å²) in [5.74, 6) is -2.73. The van der Waals surface area contributed by atoms with Crippen LogP contribution in [0.2, 0.25) is 0 Å². The number of hydrogen-bond acceptors (Lipinski definition) is 18. The predicted octanol–water partition coefficient (Wildman–Crippen LogP) is 13.9. The van der Waals surface area contributed by atoms with Crippen molar-refractivity contribution in [2.45, 2.75) is 120 Å². The van der Waals surface area contributed by atoms with Crippen molar-refractivity contribution in [2.75, 3.05) is 28.4 Å². The number of Topliss-reactive ketones (excluding diaryl/α,β-unsaturated/α-hetero) is 1. The van der Waals surface area contributed by atoms with Gasteiger partial charge in [0.15, 0.2) is 32.7 Å². The highest BCUT2D eigenvalue weighted by Crippen LogP contribution is 2.46. The lowest BCUT2D eigenvalue weighted by atomic mass is 9.88. The number of aliphatic hydroxyl groups is 1. The van der Waals surface area contributed by atoms with E-state index in [1.54, 1.807) is 82.1 Å². The smallest absolute Gasteiger partial charge is 0.327 e. The number of aliphatic carboxylic acids is 3. The maximum atomic E-state index is 13.1. The highest BCUT2D eigenvalue weighted by molar-refractivity contribution is 9.15. The Morgan fingerprint density at radius 3 is 1.65 bits per heavy atom. The molecule has 2 aliphatic carbocycles. The van der Waals surface area contributed by atoms with E-state index >= 15 is 0 Å². The number of carboxylic acid groups (broad SMARTS) is 3. The molecular weight excluding hydrogens is 1380 g/mol. The SMILES string of the molecule is COc1cc2c(cc1OC)C(Br)=C(/C=C1\SC(=S)N(C(C(=O)O)C(C)C)C1=O)CC2.COc1cc2cc(/C=C3\SC(=S)N(C(C(=O)O)C(C)C)C3=O)c(C)cc2c(C(C)C)c1OC.Cc1cc2c(cc1=Cc1sc(=S)n(C(C(=O)O)C(C)C)c1O)C=C(O)C(=O)C=2C(C)C. The van der Waals surface area contributed by atoms with Crippen molar-refractivity contribution in [2.24, 2.45) is 23.7 Å². The summed E-state index contributed by atoms with van der Waals surface area (Å²) in [6.07, 6.45) is 8.30. The van der Waals surface area contributed by atoms with Gasteiger partial charge in [-0.15, -0.1) is 11.3 Å². The number of benzene rings is 4. The van der Waals surface area contributed by atoms with Gasteiger partial charge in [-0.25, -0.2) is 14.4 Å². The first-order chi connectivity index (χ1) is 44.1. The highest BCUT2D eigenvalue weighted by atomic mass is 79.9. The second-order valence-corrected chi connectivity index (χ2v) is 30.1. The van der Waals surface area contributed by atoms with Gasteiger partial charge in [0, 0.05) is 15.6 Å². The Balaban J connectivity index is 0.000000200. The normalized spacial score (nSPS) is 16.9. The van der Waals surface area contributed by atoms with Gasteiger partial charge in [0.05, 0.1) is 43.1 Å². The largest absolute Gasteiger partial charge is 0.504 e. The van der Waals surface area contributed by atoms with Crippen molar-refractivity contribution in [3.63, 3.8) is 0 Å². The van der Waals surface area contributed by atoms with Crippen LogP contribution in [0.25, 0.3) is 39.1 Å². The minimum Gasteiger partial charge on any atom is -0.504 e. The molecule has 2 amide bonds. The highest BCUT2D eigenvalue weighted by Gasteiger charge is 2.44. The fourth-order valence-corrected chi connectivity index (χ4v) is 16.3. The van der Waals surface area contributed by atoms with Crippen LogP contribution in [0.1, 0.15) is 131 Å². The lowest BCUT2D eigenvalue weighted by molar-refractivity contribution is -0.147. The molecule has 3 unspecified atom stereocenters. The van der Waals surface area contributed by atoms with Crippen LogP contribution in [0.5, 0.6) is 28.9 Å². The molecule has 0 saturated carbocycles. The molecule has 25 heteroatoms. The summed E-state index contributed by atoms with van der Waals surface area (Å²) in [4.78, 5) is 77.5. The Morgan fingerprint density at radius 2 is 1.16 bits per heavy atom. The van der Waals surface area contributed by atoms with Gasteiger partial charge in [0.2, 0.25) is 11.7 Å². The van der Waals surface area contributed by atoms with E-state index in [1.807, 2.05) is 70.2 Å². The van der Waals surface area contributed by atoms with Gasteiger partial charge >= 0.3 is 17.9 Å². The number of thioether (sulfide) groups is 2. The average molecular weight is 1460 g/mol. The first kappa shape index (κ1) is 74.3. The number of aliphatic hydroxyl groups excluding tert-OH is 1. The standard InChI is InChI=1S/C25H29NO5S2.C23H25NO5S2.C21H22BrNO5S2/c1-12(2)20-17-8-14(5)15(9-16(17)10-18(30-6)22(20)31-7)11-19-23(27)26(25(32)33-19)21(13(3)4)24(28)29;1-10(2)18-15-6-12(5)13(7-14(15)8-16(25)20(18)26)9-17-21(27)24(23(30)31-17)19(11(3)4)22(28)29;1-10(2)18(20(25)26)23-19(24)16(30-21(23)29)8-12-6-5-11-7-14(27-3)15(28-4)9-13(11)17(12)22/h8-13,21H,1-7H3,(H,28,29);6-11,19,25,27H,1-5H3,(H,28,29);7-10,18H,5-6H2,1-4H3,(H,25,26)/b19-11-;;16-8-. The Morgan fingerprint density at radius 1 is 0.628 bits per heavy atom. The quantitative estimate of drug-likeness (QED) is 0.0404. The summed E-state index contributed by atoms with van der Waals surface area (Å²) >= 11 is 23.1. The van der Waals surface area contributed by atoms with E-state index in [2.05, 4.69) is 35.8 Å². The summed E-state index contributed by atoms with van der Waals surface area (Å²) in [6, 6.07) is 10.7. The fourth-order valence-electron chi connectivity index (χ4n) is 11.7. The topological polar surface area (TPSA) is 252 Å². The lowest BCUT2D eigenvalue weighted by Crippen LogP contribution is -2.47. The minimum absolute atomic E-state index is 0.0524. The van der Waals surface area contributed by atoms with Crippen LogP contribution >= 0.6 is 87.4 Å². The molecule has 0 radical (unpaired) electrons. The zero-order valence-electron chi connectivity index (χ0n) is 54.9. The fraction of sp³-hybridized carbons (Fsp3) is 0.377. The molecular formula is C69H76BrN3O15S6. The number of carbonyl (C=O) groups is 6. The van der Waals surface area contributed by atoms with E-state index in [0.717, 1.165) is 118 Å². The van der Waals surface area contributed by atoms with Crippen molar-refractivity contribution in [3.8, 4) is 28.9 Å². The number of allylic oxidation sites excluding steroid dienone is 3. The summed E-state index contributed by atoms with van der Waals surface area (Å²) in [7, 11) is 6.44. The number of carbonyl (C=O) groups excluding carboxylic acids is 3. The van der Waals surface area contributed by atoms with Crippen molar-refractivity contribution in [1.82, 2.24) is 14.4 Å². The zero-order valence-corrected chi connectivity index (χ0v) is 61.4. The van der Waals surface area contributed by atoms with E-state index in [9.17, 15) is 54.3 Å². The van der Waals surface area contributed by atoms with E-state index in [1.165, 1.54) is 20.4 Å². The van der Waals surface area contributed by atoms with Gasteiger partial charge in [0.1, 0.15) is 26.8 Å². The number of ether oxygens (including phenoxy) is 4. The molecule has 5 aromatic rings. The number of hydrogen-bond donors (Lipinski definition) is 5. The van der Waals surface area contributed by atoms with Crippen LogP contribution in [0, 0.1) is 41.5 Å².